The van der Waals surface area contributed by atoms with E-state index in [0.29, 0.717) is 43.9 Å². The van der Waals surface area contributed by atoms with Crippen molar-refractivity contribution in [3.05, 3.63) is 42.6 Å². The lowest BCUT2D eigenvalue weighted by atomic mass is 9.85. The van der Waals surface area contributed by atoms with Crippen LogP contribution < -0.4 is 0 Å². The van der Waals surface area contributed by atoms with E-state index in [1.54, 1.807) is 12.4 Å². The number of pyridine rings is 1. The number of allylic oxidation sites excluding steroid dienone is 2. The number of likely N-dealkylation sites (tertiary alicyclic amines) is 1. The van der Waals surface area contributed by atoms with Crippen LogP contribution in [0.1, 0.15) is 25.2 Å². The van der Waals surface area contributed by atoms with Gasteiger partial charge in [-0.3, -0.25) is 19.5 Å². The molecule has 2 amide bonds. The van der Waals surface area contributed by atoms with E-state index >= 15 is 0 Å². The summed E-state index contributed by atoms with van der Waals surface area (Å²) in [6.45, 7) is 0.398. The number of aromatic nitrogens is 3. The van der Waals surface area contributed by atoms with Crippen LogP contribution in [0.4, 0.5) is 0 Å². The van der Waals surface area contributed by atoms with Crippen LogP contribution in [0, 0.1) is 11.8 Å². The number of carbonyl (C=O) groups excluding carboxylic acids is 2. The molecule has 2 aromatic heterocycles. The molecule has 0 N–H and O–H groups in total. The number of hydrogen-bond donors (Lipinski definition) is 0. The molecule has 2 aliphatic rings. The second-order valence-electron chi connectivity index (χ2n) is 6.34. The van der Waals surface area contributed by atoms with Crippen molar-refractivity contribution in [2.24, 2.45) is 11.8 Å². The zero-order chi connectivity index (χ0) is 17.2. The molecule has 1 saturated heterocycles. The van der Waals surface area contributed by atoms with E-state index in [1.165, 1.54) is 4.90 Å². The molecule has 0 unspecified atom stereocenters. The van der Waals surface area contributed by atoms with Gasteiger partial charge in [0.25, 0.3) is 0 Å². The summed E-state index contributed by atoms with van der Waals surface area (Å²) in [5.41, 5.74) is 0.791. The maximum Gasteiger partial charge on any atom is 0.233 e. The van der Waals surface area contributed by atoms with E-state index in [4.69, 9.17) is 4.52 Å². The van der Waals surface area contributed by atoms with Gasteiger partial charge in [0, 0.05) is 30.9 Å². The minimum absolute atomic E-state index is 0.0408. The fraction of sp³-hybridized carbons (Fsp3) is 0.389. The fourth-order valence-corrected chi connectivity index (χ4v) is 3.45. The summed E-state index contributed by atoms with van der Waals surface area (Å²) >= 11 is 0. The summed E-state index contributed by atoms with van der Waals surface area (Å²) in [4.78, 5) is 34.6. The molecular formula is C18H18N4O3. The van der Waals surface area contributed by atoms with Crippen molar-refractivity contribution in [2.45, 2.75) is 25.7 Å². The van der Waals surface area contributed by atoms with Crippen LogP contribution in [0.2, 0.25) is 0 Å². The van der Waals surface area contributed by atoms with Crippen LogP contribution in [-0.4, -0.2) is 38.4 Å². The molecular weight excluding hydrogens is 320 g/mol. The van der Waals surface area contributed by atoms with Gasteiger partial charge in [0.15, 0.2) is 0 Å². The minimum Gasteiger partial charge on any atom is -0.339 e. The minimum atomic E-state index is -0.168. The third-order valence-electron chi connectivity index (χ3n) is 4.76. The molecule has 25 heavy (non-hydrogen) atoms. The molecule has 3 heterocycles. The average molecular weight is 338 g/mol. The van der Waals surface area contributed by atoms with Crippen molar-refractivity contribution in [3.8, 4) is 11.4 Å². The van der Waals surface area contributed by atoms with Gasteiger partial charge < -0.3 is 4.52 Å². The SMILES string of the molecule is O=C1[C@H]2CC=CC[C@@H]2C(=O)N1CCCc1nc(-c2cccnc2)no1. The third-order valence-corrected chi connectivity index (χ3v) is 4.76. The lowest BCUT2D eigenvalue weighted by Gasteiger charge is -2.14. The van der Waals surface area contributed by atoms with Crippen LogP contribution in [-0.2, 0) is 16.0 Å². The standard InChI is InChI=1S/C18H18N4O3/c23-17-13-6-1-2-7-14(13)18(24)22(17)10-4-8-15-20-16(21-25-15)12-5-3-9-19-11-12/h1-3,5,9,11,13-14H,4,6-8,10H2/t13-,14-/m0/s1. The highest BCUT2D eigenvalue weighted by atomic mass is 16.5. The fourth-order valence-electron chi connectivity index (χ4n) is 3.45. The Kier molecular flexibility index (Phi) is 4.13. The smallest absolute Gasteiger partial charge is 0.233 e. The highest BCUT2D eigenvalue weighted by Gasteiger charge is 2.46. The molecule has 128 valence electrons. The summed E-state index contributed by atoms with van der Waals surface area (Å²) in [5.74, 6) is 0.573. The summed E-state index contributed by atoms with van der Waals surface area (Å²) in [6, 6.07) is 3.67. The Bertz CT molecular complexity index is 789. The Morgan fingerprint density at radius 2 is 1.92 bits per heavy atom. The van der Waals surface area contributed by atoms with Crippen LogP contribution in [0.25, 0.3) is 11.4 Å². The third kappa shape index (κ3) is 2.97. The van der Waals surface area contributed by atoms with Crippen molar-refractivity contribution in [2.75, 3.05) is 6.54 Å². The summed E-state index contributed by atoms with van der Waals surface area (Å²) in [6.07, 6.45) is 9.82. The Hall–Kier alpha value is -2.83. The first kappa shape index (κ1) is 15.7. The molecule has 4 rings (SSSR count). The van der Waals surface area contributed by atoms with Crippen LogP contribution in [0.5, 0.6) is 0 Å². The number of amides is 2. The van der Waals surface area contributed by atoms with Gasteiger partial charge >= 0.3 is 0 Å². The summed E-state index contributed by atoms with van der Waals surface area (Å²) in [7, 11) is 0. The first-order chi connectivity index (χ1) is 12.2. The molecule has 0 radical (unpaired) electrons. The molecule has 1 fully saturated rings. The molecule has 2 atom stereocenters. The van der Waals surface area contributed by atoms with E-state index < -0.39 is 0 Å². The summed E-state index contributed by atoms with van der Waals surface area (Å²) < 4.78 is 5.24. The Balaban J connectivity index is 1.35. The maximum absolute atomic E-state index is 12.4. The van der Waals surface area contributed by atoms with Crippen LogP contribution in [0.3, 0.4) is 0 Å². The number of carbonyl (C=O) groups is 2. The average Bonchev–Trinajstić information content (AvgIpc) is 3.22. The Labute approximate surface area is 144 Å². The van der Waals surface area contributed by atoms with Gasteiger partial charge in [-0.15, -0.1) is 0 Å². The molecule has 0 saturated carbocycles. The second kappa shape index (κ2) is 6.58. The molecule has 7 heteroatoms. The molecule has 0 aromatic carbocycles. The number of fused-ring (bicyclic) bond motifs is 1. The van der Waals surface area contributed by atoms with Gasteiger partial charge in [-0.1, -0.05) is 17.3 Å². The number of nitrogens with zero attached hydrogens (tertiary/aromatic N) is 4. The van der Waals surface area contributed by atoms with Gasteiger partial charge in [0.1, 0.15) is 0 Å². The van der Waals surface area contributed by atoms with Gasteiger partial charge in [0.2, 0.25) is 23.5 Å². The van der Waals surface area contributed by atoms with E-state index in [9.17, 15) is 9.59 Å². The van der Waals surface area contributed by atoms with Crippen molar-refractivity contribution < 1.29 is 14.1 Å². The normalized spacial score (nSPS) is 22.5. The number of aryl methyl sites for hydroxylation is 1. The number of rotatable bonds is 5. The van der Waals surface area contributed by atoms with Crippen LogP contribution >= 0.6 is 0 Å². The number of hydrogen-bond acceptors (Lipinski definition) is 6. The highest BCUT2D eigenvalue weighted by molar-refractivity contribution is 6.05. The van der Waals surface area contributed by atoms with Gasteiger partial charge in [-0.2, -0.15) is 4.98 Å². The van der Waals surface area contributed by atoms with Crippen molar-refractivity contribution >= 4 is 11.8 Å². The van der Waals surface area contributed by atoms with Gasteiger partial charge in [0.05, 0.1) is 11.8 Å². The quantitative estimate of drug-likeness (QED) is 0.612. The molecule has 0 bridgehead atoms. The second-order valence-corrected chi connectivity index (χ2v) is 6.34. The van der Waals surface area contributed by atoms with Crippen LogP contribution in [0.15, 0.2) is 41.2 Å². The Morgan fingerprint density at radius 3 is 2.60 bits per heavy atom. The van der Waals surface area contributed by atoms with Crippen molar-refractivity contribution in [1.82, 2.24) is 20.0 Å². The van der Waals surface area contributed by atoms with E-state index in [-0.39, 0.29) is 23.7 Å². The topological polar surface area (TPSA) is 89.2 Å². The Morgan fingerprint density at radius 1 is 1.16 bits per heavy atom. The van der Waals surface area contributed by atoms with E-state index in [1.807, 2.05) is 24.3 Å². The molecule has 0 spiro atoms. The zero-order valence-corrected chi connectivity index (χ0v) is 13.7. The van der Waals surface area contributed by atoms with Gasteiger partial charge in [-0.05, 0) is 31.4 Å². The first-order valence-corrected chi connectivity index (χ1v) is 8.47. The van der Waals surface area contributed by atoms with E-state index in [2.05, 4.69) is 15.1 Å². The monoisotopic (exact) mass is 338 g/mol. The molecule has 1 aliphatic carbocycles. The maximum atomic E-state index is 12.4. The largest absolute Gasteiger partial charge is 0.339 e. The first-order valence-electron chi connectivity index (χ1n) is 8.47. The predicted octanol–water partition coefficient (Wildman–Crippen LogP) is 2.02. The van der Waals surface area contributed by atoms with Crippen molar-refractivity contribution in [3.63, 3.8) is 0 Å². The molecule has 7 nitrogen and oxygen atoms in total. The van der Waals surface area contributed by atoms with Gasteiger partial charge in [-0.25, -0.2) is 0 Å². The number of imide groups is 1. The molecule has 1 aliphatic heterocycles. The highest BCUT2D eigenvalue weighted by Crippen LogP contribution is 2.35. The lowest BCUT2D eigenvalue weighted by molar-refractivity contribution is -0.139. The molecule has 2 aromatic rings. The predicted molar refractivity (Wildman–Crippen MR) is 87.9 cm³/mol. The summed E-state index contributed by atoms with van der Waals surface area (Å²) in [5, 5.41) is 3.94. The van der Waals surface area contributed by atoms with Crippen molar-refractivity contribution in [1.29, 1.82) is 0 Å². The zero-order valence-electron chi connectivity index (χ0n) is 13.7. The van der Waals surface area contributed by atoms with E-state index in [0.717, 1.165) is 5.56 Å². The lowest BCUT2D eigenvalue weighted by Crippen LogP contribution is -2.32.